The molecule has 1 unspecified atom stereocenters. The van der Waals surface area contributed by atoms with Crippen molar-refractivity contribution in [1.82, 2.24) is 9.78 Å². The van der Waals surface area contributed by atoms with Crippen LogP contribution < -0.4 is 5.32 Å². The molecule has 90 valence electrons. The minimum absolute atomic E-state index is 0.165. The molecule has 17 heavy (non-hydrogen) atoms. The predicted octanol–water partition coefficient (Wildman–Crippen LogP) is 3.73. The summed E-state index contributed by atoms with van der Waals surface area (Å²) >= 11 is 6.16. The molecular weight excluding hydrogens is 234 g/mol. The lowest BCUT2D eigenvalue weighted by molar-refractivity contribution is 0.660. The molecule has 1 aromatic heterocycles. The normalized spacial score (nSPS) is 12.4. The Bertz CT molecular complexity index is 493. The first kappa shape index (κ1) is 12.0. The standard InChI is InChI=1S/C13H16ClN3/c1-3-17-9-11(8-15-17)16-10(2)12-6-4-5-7-13(12)14/h4-10,16H,3H2,1-2H3. The van der Waals surface area contributed by atoms with Crippen LogP contribution >= 0.6 is 11.6 Å². The van der Waals surface area contributed by atoms with E-state index in [-0.39, 0.29) is 6.04 Å². The highest BCUT2D eigenvalue weighted by Gasteiger charge is 2.09. The van der Waals surface area contributed by atoms with Crippen molar-refractivity contribution in [3.05, 3.63) is 47.2 Å². The molecule has 1 N–H and O–H groups in total. The van der Waals surface area contributed by atoms with Gasteiger partial charge in [-0.15, -0.1) is 0 Å². The first-order chi connectivity index (χ1) is 8.20. The van der Waals surface area contributed by atoms with E-state index in [0.717, 1.165) is 22.8 Å². The molecule has 2 rings (SSSR count). The lowest BCUT2D eigenvalue weighted by Gasteiger charge is -2.15. The quantitative estimate of drug-likeness (QED) is 0.895. The Hall–Kier alpha value is -1.48. The van der Waals surface area contributed by atoms with E-state index in [4.69, 9.17) is 11.6 Å². The zero-order valence-electron chi connectivity index (χ0n) is 10.0. The van der Waals surface area contributed by atoms with Gasteiger partial charge in [-0.05, 0) is 25.5 Å². The molecule has 0 aliphatic heterocycles. The molecule has 1 heterocycles. The SMILES string of the molecule is CCn1cc(NC(C)c2ccccc2Cl)cn1. The largest absolute Gasteiger partial charge is 0.376 e. The molecule has 0 saturated heterocycles. The van der Waals surface area contributed by atoms with E-state index in [9.17, 15) is 0 Å². The predicted molar refractivity (Wildman–Crippen MR) is 71.4 cm³/mol. The summed E-state index contributed by atoms with van der Waals surface area (Å²) < 4.78 is 1.89. The summed E-state index contributed by atoms with van der Waals surface area (Å²) in [4.78, 5) is 0. The zero-order chi connectivity index (χ0) is 12.3. The maximum Gasteiger partial charge on any atom is 0.0731 e. The topological polar surface area (TPSA) is 29.9 Å². The first-order valence-electron chi connectivity index (χ1n) is 5.74. The van der Waals surface area contributed by atoms with Crippen molar-refractivity contribution in [2.24, 2.45) is 0 Å². The number of anilines is 1. The van der Waals surface area contributed by atoms with Gasteiger partial charge in [-0.25, -0.2) is 0 Å². The number of aromatic nitrogens is 2. The molecule has 1 aromatic carbocycles. The van der Waals surface area contributed by atoms with E-state index in [2.05, 4.69) is 24.3 Å². The van der Waals surface area contributed by atoms with Gasteiger partial charge in [0.15, 0.2) is 0 Å². The molecule has 0 amide bonds. The maximum atomic E-state index is 6.16. The van der Waals surface area contributed by atoms with Crippen LogP contribution in [0.2, 0.25) is 5.02 Å². The summed E-state index contributed by atoms with van der Waals surface area (Å²) in [5.41, 5.74) is 2.11. The van der Waals surface area contributed by atoms with Crippen molar-refractivity contribution in [1.29, 1.82) is 0 Å². The zero-order valence-corrected chi connectivity index (χ0v) is 10.8. The van der Waals surface area contributed by atoms with Crippen LogP contribution in [0, 0.1) is 0 Å². The number of nitrogens with one attached hydrogen (secondary N) is 1. The van der Waals surface area contributed by atoms with Crippen molar-refractivity contribution in [2.45, 2.75) is 26.4 Å². The number of benzene rings is 1. The third kappa shape index (κ3) is 2.80. The monoisotopic (exact) mass is 249 g/mol. The van der Waals surface area contributed by atoms with E-state index in [1.807, 2.05) is 41.3 Å². The van der Waals surface area contributed by atoms with Crippen LogP contribution in [0.25, 0.3) is 0 Å². The van der Waals surface area contributed by atoms with Crippen LogP contribution in [0.4, 0.5) is 5.69 Å². The van der Waals surface area contributed by atoms with E-state index < -0.39 is 0 Å². The van der Waals surface area contributed by atoms with Crippen LogP contribution in [0.3, 0.4) is 0 Å². The minimum atomic E-state index is 0.165. The summed E-state index contributed by atoms with van der Waals surface area (Å²) in [6, 6.07) is 8.04. The minimum Gasteiger partial charge on any atom is -0.376 e. The second-order valence-corrected chi connectivity index (χ2v) is 4.38. The fourth-order valence-corrected chi connectivity index (χ4v) is 2.06. The first-order valence-corrected chi connectivity index (χ1v) is 6.12. The summed E-state index contributed by atoms with van der Waals surface area (Å²) in [5, 5.41) is 8.40. The van der Waals surface area contributed by atoms with Crippen molar-refractivity contribution >= 4 is 17.3 Å². The van der Waals surface area contributed by atoms with Gasteiger partial charge in [0.2, 0.25) is 0 Å². The molecule has 0 bridgehead atoms. The van der Waals surface area contributed by atoms with Gasteiger partial charge >= 0.3 is 0 Å². The van der Waals surface area contributed by atoms with E-state index in [0.29, 0.717) is 0 Å². The summed E-state index contributed by atoms with van der Waals surface area (Å²) in [5.74, 6) is 0. The number of hydrogen-bond donors (Lipinski definition) is 1. The smallest absolute Gasteiger partial charge is 0.0731 e. The van der Waals surface area contributed by atoms with E-state index in [1.165, 1.54) is 0 Å². The number of halogens is 1. The number of aryl methyl sites for hydroxylation is 1. The average molecular weight is 250 g/mol. The number of rotatable bonds is 4. The molecule has 0 saturated carbocycles. The Morgan fingerprint density at radius 1 is 1.41 bits per heavy atom. The Morgan fingerprint density at radius 2 is 2.18 bits per heavy atom. The highest BCUT2D eigenvalue weighted by Crippen LogP contribution is 2.25. The van der Waals surface area contributed by atoms with Gasteiger partial charge in [0.1, 0.15) is 0 Å². The molecular formula is C13H16ClN3. The van der Waals surface area contributed by atoms with Crippen molar-refractivity contribution in [3.63, 3.8) is 0 Å². The van der Waals surface area contributed by atoms with Gasteiger partial charge < -0.3 is 5.32 Å². The molecule has 0 aliphatic carbocycles. The van der Waals surface area contributed by atoms with Gasteiger partial charge in [-0.3, -0.25) is 4.68 Å². The molecule has 0 radical (unpaired) electrons. The molecule has 0 spiro atoms. The number of nitrogens with zero attached hydrogens (tertiary/aromatic N) is 2. The van der Waals surface area contributed by atoms with Crippen LogP contribution in [0.15, 0.2) is 36.7 Å². The molecule has 2 aromatic rings. The summed E-state index contributed by atoms with van der Waals surface area (Å²) in [6.07, 6.45) is 3.82. The third-order valence-corrected chi connectivity index (χ3v) is 3.06. The maximum absolute atomic E-state index is 6.16. The van der Waals surface area contributed by atoms with Crippen LogP contribution in [0.5, 0.6) is 0 Å². The van der Waals surface area contributed by atoms with Gasteiger partial charge in [0.25, 0.3) is 0 Å². The van der Waals surface area contributed by atoms with E-state index >= 15 is 0 Å². The van der Waals surface area contributed by atoms with Gasteiger partial charge in [-0.1, -0.05) is 29.8 Å². The third-order valence-electron chi connectivity index (χ3n) is 2.71. The summed E-state index contributed by atoms with van der Waals surface area (Å²) in [7, 11) is 0. The molecule has 0 aliphatic rings. The van der Waals surface area contributed by atoms with E-state index in [1.54, 1.807) is 0 Å². The second kappa shape index (κ2) is 5.23. The lowest BCUT2D eigenvalue weighted by Crippen LogP contribution is -2.06. The Balaban J connectivity index is 2.11. The lowest BCUT2D eigenvalue weighted by atomic mass is 10.1. The Kier molecular flexibility index (Phi) is 3.69. The van der Waals surface area contributed by atoms with Crippen molar-refractivity contribution in [3.8, 4) is 0 Å². The van der Waals surface area contributed by atoms with Crippen LogP contribution in [0.1, 0.15) is 25.5 Å². The number of hydrogen-bond acceptors (Lipinski definition) is 2. The summed E-state index contributed by atoms with van der Waals surface area (Å²) in [6.45, 7) is 5.03. The highest BCUT2D eigenvalue weighted by atomic mass is 35.5. The van der Waals surface area contributed by atoms with Crippen molar-refractivity contribution in [2.75, 3.05) is 5.32 Å². The van der Waals surface area contributed by atoms with Gasteiger partial charge in [-0.2, -0.15) is 5.10 Å². The van der Waals surface area contributed by atoms with Gasteiger partial charge in [0, 0.05) is 17.8 Å². The molecule has 3 nitrogen and oxygen atoms in total. The molecule has 1 atom stereocenters. The van der Waals surface area contributed by atoms with Crippen LogP contribution in [-0.2, 0) is 6.54 Å². The fourth-order valence-electron chi connectivity index (χ4n) is 1.77. The average Bonchev–Trinajstić information content (AvgIpc) is 2.77. The highest BCUT2D eigenvalue weighted by molar-refractivity contribution is 6.31. The fraction of sp³-hybridized carbons (Fsp3) is 0.308. The second-order valence-electron chi connectivity index (χ2n) is 3.97. The van der Waals surface area contributed by atoms with Gasteiger partial charge in [0.05, 0.1) is 17.9 Å². The van der Waals surface area contributed by atoms with Crippen LogP contribution in [-0.4, -0.2) is 9.78 Å². The molecule has 0 fully saturated rings. The molecule has 4 heteroatoms. The Labute approximate surface area is 106 Å². The Morgan fingerprint density at radius 3 is 2.82 bits per heavy atom. The van der Waals surface area contributed by atoms with Crippen molar-refractivity contribution < 1.29 is 0 Å².